The summed E-state index contributed by atoms with van der Waals surface area (Å²) in [4.78, 5) is 0. The molecule has 1 unspecified atom stereocenters. The van der Waals surface area contributed by atoms with E-state index in [0.29, 0.717) is 5.92 Å². The molecule has 1 aliphatic carbocycles. The van der Waals surface area contributed by atoms with E-state index in [1.807, 2.05) is 0 Å². The summed E-state index contributed by atoms with van der Waals surface area (Å²) in [6.07, 6.45) is 5.25. The van der Waals surface area contributed by atoms with E-state index >= 15 is 0 Å². The maximum Gasteiger partial charge on any atom is 0.122 e. The van der Waals surface area contributed by atoms with E-state index in [-0.39, 0.29) is 6.04 Å². The first-order valence-electron chi connectivity index (χ1n) is 6.54. The van der Waals surface area contributed by atoms with Gasteiger partial charge in [-0.1, -0.05) is 18.9 Å². The van der Waals surface area contributed by atoms with Crippen LogP contribution in [0.1, 0.15) is 48.4 Å². The molecule has 94 valence electrons. The molecular weight excluding hydrogens is 210 g/mol. The molecule has 2 heteroatoms. The van der Waals surface area contributed by atoms with Crippen LogP contribution in [0.25, 0.3) is 0 Å². The molecular formula is C15H23NO. The third-order valence-electron chi connectivity index (χ3n) is 4.05. The lowest BCUT2D eigenvalue weighted by atomic mass is 9.89. The van der Waals surface area contributed by atoms with Gasteiger partial charge in [-0.25, -0.2) is 0 Å². The highest BCUT2D eigenvalue weighted by molar-refractivity contribution is 5.43. The average Bonchev–Trinajstić information content (AvgIpc) is 2.84. The van der Waals surface area contributed by atoms with Gasteiger partial charge in [0.05, 0.1) is 7.11 Å². The Morgan fingerprint density at radius 3 is 2.41 bits per heavy atom. The third-order valence-corrected chi connectivity index (χ3v) is 4.05. The second-order valence-corrected chi connectivity index (χ2v) is 5.25. The van der Waals surface area contributed by atoms with Gasteiger partial charge in [-0.3, -0.25) is 0 Å². The first-order valence-corrected chi connectivity index (χ1v) is 6.54. The fourth-order valence-corrected chi connectivity index (χ4v) is 2.96. The van der Waals surface area contributed by atoms with Gasteiger partial charge < -0.3 is 10.5 Å². The summed E-state index contributed by atoms with van der Waals surface area (Å²) in [6, 6.07) is 4.51. The van der Waals surface area contributed by atoms with Crippen molar-refractivity contribution in [2.45, 2.75) is 45.6 Å². The van der Waals surface area contributed by atoms with Gasteiger partial charge in [-0.2, -0.15) is 0 Å². The second-order valence-electron chi connectivity index (χ2n) is 5.25. The summed E-state index contributed by atoms with van der Waals surface area (Å²) in [6.45, 7) is 4.22. The Hall–Kier alpha value is -1.02. The van der Waals surface area contributed by atoms with Gasteiger partial charge in [-0.05, 0) is 55.4 Å². The Kier molecular flexibility index (Phi) is 3.72. The van der Waals surface area contributed by atoms with Crippen LogP contribution in [0.2, 0.25) is 0 Å². The molecule has 0 aliphatic heterocycles. The molecule has 1 aliphatic rings. The zero-order chi connectivity index (χ0) is 12.4. The molecule has 0 bridgehead atoms. The summed E-state index contributed by atoms with van der Waals surface area (Å²) in [7, 11) is 1.72. The quantitative estimate of drug-likeness (QED) is 0.867. The van der Waals surface area contributed by atoms with Crippen molar-refractivity contribution in [1.29, 1.82) is 0 Å². The van der Waals surface area contributed by atoms with Crippen molar-refractivity contribution in [3.8, 4) is 5.75 Å². The van der Waals surface area contributed by atoms with Crippen LogP contribution in [0, 0.1) is 19.8 Å². The molecule has 1 aromatic carbocycles. The van der Waals surface area contributed by atoms with Crippen molar-refractivity contribution in [1.82, 2.24) is 0 Å². The molecule has 1 aromatic rings. The van der Waals surface area contributed by atoms with Gasteiger partial charge >= 0.3 is 0 Å². The predicted molar refractivity (Wildman–Crippen MR) is 71.4 cm³/mol. The van der Waals surface area contributed by atoms with E-state index in [1.54, 1.807) is 7.11 Å². The lowest BCUT2D eigenvalue weighted by Crippen LogP contribution is -2.20. The summed E-state index contributed by atoms with van der Waals surface area (Å²) >= 11 is 0. The average molecular weight is 233 g/mol. The summed E-state index contributed by atoms with van der Waals surface area (Å²) < 4.78 is 5.35. The van der Waals surface area contributed by atoms with Gasteiger partial charge in [0.25, 0.3) is 0 Å². The van der Waals surface area contributed by atoms with Crippen LogP contribution in [-0.2, 0) is 0 Å². The predicted octanol–water partition coefficient (Wildman–Crippen LogP) is 3.50. The fraction of sp³-hybridized carbons (Fsp3) is 0.600. The molecule has 2 rings (SSSR count). The lowest BCUT2D eigenvalue weighted by molar-refractivity contribution is 0.409. The van der Waals surface area contributed by atoms with E-state index in [2.05, 4.69) is 26.0 Å². The van der Waals surface area contributed by atoms with Crippen molar-refractivity contribution >= 4 is 0 Å². The zero-order valence-electron chi connectivity index (χ0n) is 11.1. The van der Waals surface area contributed by atoms with E-state index in [4.69, 9.17) is 10.5 Å². The molecule has 0 saturated heterocycles. The van der Waals surface area contributed by atoms with Crippen LogP contribution in [0.3, 0.4) is 0 Å². The SMILES string of the molecule is COc1cc(C)c(C(N)C2CCCC2)cc1C. The van der Waals surface area contributed by atoms with Crippen LogP contribution in [0.4, 0.5) is 0 Å². The molecule has 1 atom stereocenters. The Bertz CT molecular complexity index is 394. The molecule has 0 amide bonds. The minimum atomic E-state index is 0.196. The normalized spacial score (nSPS) is 18.4. The summed E-state index contributed by atoms with van der Waals surface area (Å²) in [5, 5.41) is 0. The topological polar surface area (TPSA) is 35.2 Å². The Morgan fingerprint density at radius 1 is 1.18 bits per heavy atom. The molecule has 2 N–H and O–H groups in total. The summed E-state index contributed by atoms with van der Waals surface area (Å²) in [5.41, 5.74) is 10.2. The number of aryl methyl sites for hydroxylation is 2. The minimum absolute atomic E-state index is 0.196. The first kappa shape index (κ1) is 12.4. The van der Waals surface area contributed by atoms with Gasteiger partial charge in [0.2, 0.25) is 0 Å². The van der Waals surface area contributed by atoms with Crippen molar-refractivity contribution in [2.75, 3.05) is 7.11 Å². The van der Waals surface area contributed by atoms with Crippen LogP contribution in [-0.4, -0.2) is 7.11 Å². The summed E-state index contributed by atoms with van der Waals surface area (Å²) in [5.74, 6) is 1.63. The van der Waals surface area contributed by atoms with Crippen LogP contribution < -0.4 is 10.5 Å². The number of hydrogen-bond donors (Lipinski definition) is 1. The van der Waals surface area contributed by atoms with E-state index in [9.17, 15) is 0 Å². The molecule has 17 heavy (non-hydrogen) atoms. The van der Waals surface area contributed by atoms with Crippen LogP contribution >= 0.6 is 0 Å². The van der Waals surface area contributed by atoms with Crippen LogP contribution in [0.15, 0.2) is 12.1 Å². The van der Waals surface area contributed by atoms with E-state index < -0.39 is 0 Å². The molecule has 0 radical (unpaired) electrons. The lowest BCUT2D eigenvalue weighted by Gasteiger charge is -2.22. The standard InChI is InChI=1S/C15H23NO/c1-10-9-14(17-3)11(2)8-13(10)15(16)12-6-4-5-7-12/h8-9,12,15H,4-7,16H2,1-3H3. The maximum atomic E-state index is 6.42. The Morgan fingerprint density at radius 2 is 1.82 bits per heavy atom. The van der Waals surface area contributed by atoms with E-state index in [0.717, 1.165) is 5.75 Å². The van der Waals surface area contributed by atoms with Crippen molar-refractivity contribution < 1.29 is 4.74 Å². The molecule has 0 aromatic heterocycles. The van der Waals surface area contributed by atoms with Crippen LogP contribution in [0.5, 0.6) is 5.75 Å². The van der Waals surface area contributed by atoms with Crippen molar-refractivity contribution in [3.05, 3.63) is 28.8 Å². The number of ether oxygens (including phenoxy) is 1. The number of hydrogen-bond acceptors (Lipinski definition) is 2. The van der Waals surface area contributed by atoms with Gasteiger partial charge in [0, 0.05) is 6.04 Å². The largest absolute Gasteiger partial charge is 0.496 e. The molecule has 0 spiro atoms. The minimum Gasteiger partial charge on any atom is -0.496 e. The van der Waals surface area contributed by atoms with E-state index in [1.165, 1.54) is 42.4 Å². The van der Waals surface area contributed by atoms with Gasteiger partial charge in [-0.15, -0.1) is 0 Å². The number of benzene rings is 1. The van der Waals surface area contributed by atoms with Crippen molar-refractivity contribution in [2.24, 2.45) is 11.7 Å². The number of rotatable bonds is 3. The highest BCUT2D eigenvalue weighted by Crippen LogP contribution is 2.36. The second kappa shape index (κ2) is 5.09. The van der Waals surface area contributed by atoms with Gasteiger partial charge in [0.1, 0.15) is 5.75 Å². The highest BCUT2D eigenvalue weighted by atomic mass is 16.5. The number of nitrogens with two attached hydrogens (primary N) is 1. The highest BCUT2D eigenvalue weighted by Gasteiger charge is 2.24. The first-order chi connectivity index (χ1) is 8.13. The maximum absolute atomic E-state index is 6.42. The van der Waals surface area contributed by atoms with Crippen molar-refractivity contribution in [3.63, 3.8) is 0 Å². The zero-order valence-corrected chi connectivity index (χ0v) is 11.1. The Labute approximate surface area is 104 Å². The van der Waals surface area contributed by atoms with Gasteiger partial charge in [0.15, 0.2) is 0 Å². The number of methoxy groups -OCH3 is 1. The smallest absolute Gasteiger partial charge is 0.122 e. The molecule has 1 fully saturated rings. The fourth-order valence-electron chi connectivity index (χ4n) is 2.96. The Balaban J connectivity index is 2.28. The molecule has 0 heterocycles. The third kappa shape index (κ3) is 2.47. The monoisotopic (exact) mass is 233 g/mol. The molecule has 1 saturated carbocycles. The molecule has 2 nitrogen and oxygen atoms in total.